The van der Waals surface area contributed by atoms with Gasteiger partial charge in [0.15, 0.2) is 17.0 Å². The molecule has 2 aromatic carbocycles. The SMILES string of the molecule is COc1ccc(O)c(CNc2nc(NCC(C)(C)O)nc3c2ncn3Cc2ccccc2)c1. The highest BCUT2D eigenvalue weighted by molar-refractivity contribution is 5.84. The number of benzene rings is 2. The molecule has 0 bridgehead atoms. The molecule has 9 nitrogen and oxygen atoms in total. The van der Waals surface area contributed by atoms with Crippen molar-refractivity contribution in [2.75, 3.05) is 24.3 Å². The Morgan fingerprint density at radius 2 is 1.85 bits per heavy atom. The summed E-state index contributed by atoms with van der Waals surface area (Å²) < 4.78 is 7.22. The molecule has 4 N–H and O–H groups in total. The highest BCUT2D eigenvalue weighted by Crippen LogP contribution is 2.26. The highest BCUT2D eigenvalue weighted by atomic mass is 16.5. The molecule has 0 saturated carbocycles. The monoisotopic (exact) mass is 448 g/mol. The van der Waals surface area contributed by atoms with Gasteiger partial charge in [0, 0.05) is 18.7 Å². The molecule has 0 atom stereocenters. The summed E-state index contributed by atoms with van der Waals surface area (Å²) in [6.45, 7) is 4.62. The number of ether oxygens (including phenoxy) is 1. The molecule has 0 unspecified atom stereocenters. The number of aromatic hydroxyl groups is 1. The Morgan fingerprint density at radius 3 is 2.58 bits per heavy atom. The topological polar surface area (TPSA) is 117 Å². The van der Waals surface area contributed by atoms with Crippen molar-refractivity contribution in [2.45, 2.75) is 32.5 Å². The maximum atomic E-state index is 10.2. The van der Waals surface area contributed by atoms with Crippen molar-refractivity contribution >= 4 is 22.9 Å². The van der Waals surface area contributed by atoms with Gasteiger partial charge in [-0.15, -0.1) is 0 Å². The lowest BCUT2D eigenvalue weighted by molar-refractivity contribution is 0.0943. The second-order valence-corrected chi connectivity index (χ2v) is 8.44. The van der Waals surface area contributed by atoms with Gasteiger partial charge in [0.1, 0.15) is 11.5 Å². The number of aromatic nitrogens is 4. The summed E-state index contributed by atoms with van der Waals surface area (Å²) in [5.41, 5.74) is 2.13. The summed E-state index contributed by atoms with van der Waals surface area (Å²) in [6, 6.07) is 15.1. The average Bonchev–Trinajstić information content (AvgIpc) is 3.20. The molecule has 0 radical (unpaired) electrons. The van der Waals surface area contributed by atoms with E-state index in [0.717, 1.165) is 5.56 Å². The second kappa shape index (κ2) is 9.33. The zero-order valence-corrected chi connectivity index (χ0v) is 18.9. The third-order valence-corrected chi connectivity index (χ3v) is 5.07. The van der Waals surface area contributed by atoms with Gasteiger partial charge < -0.3 is 30.2 Å². The summed E-state index contributed by atoms with van der Waals surface area (Å²) in [5, 5.41) is 26.7. The van der Waals surface area contributed by atoms with Gasteiger partial charge in [-0.1, -0.05) is 30.3 Å². The zero-order valence-electron chi connectivity index (χ0n) is 18.9. The van der Waals surface area contributed by atoms with E-state index in [0.29, 0.717) is 47.3 Å². The van der Waals surface area contributed by atoms with E-state index < -0.39 is 5.60 Å². The van der Waals surface area contributed by atoms with E-state index in [1.165, 1.54) is 0 Å². The number of aliphatic hydroxyl groups is 1. The second-order valence-electron chi connectivity index (χ2n) is 8.44. The van der Waals surface area contributed by atoms with E-state index in [2.05, 4.69) is 25.6 Å². The van der Waals surface area contributed by atoms with E-state index in [4.69, 9.17) is 4.74 Å². The lowest BCUT2D eigenvalue weighted by atomic mass is 10.1. The van der Waals surface area contributed by atoms with Gasteiger partial charge in [0.2, 0.25) is 5.95 Å². The number of fused-ring (bicyclic) bond motifs is 1. The Kier molecular flexibility index (Phi) is 6.32. The van der Waals surface area contributed by atoms with Crippen LogP contribution in [0.5, 0.6) is 11.5 Å². The van der Waals surface area contributed by atoms with Gasteiger partial charge in [-0.2, -0.15) is 9.97 Å². The first kappa shape index (κ1) is 22.3. The third-order valence-electron chi connectivity index (χ3n) is 5.07. The summed E-state index contributed by atoms with van der Waals surface area (Å²) in [4.78, 5) is 13.8. The largest absolute Gasteiger partial charge is 0.508 e. The number of anilines is 2. The first-order valence-corrected chi connectivity index (χ1v) is 10.7. The minimum atomic E-state index is -0.928. The Morgan fingerprint density at radius 1 is 1.06 bits per heavy atom. The van der Waals surface area contributed by atoms with Crippen LogP contribution < -0.4 is 15.4 Å². The molecular formula is C24H28N6O3. The van der Waals surface area contributed by atoms with Crippen molar-refractivity contribution in [2.24, 2.45) is 0 Å². The summed E-state index contributed by atoms with van der Waals surface area (Å²) in [7, 11) is 1.58. The van der Waals surface area contributed by atoms with E-state index in [9.17, 15) is 10.2 Å². The number of nitrogens with one attached hydrogen (secondary N) is 2. The molecule has 2 aromatic heterocycles. The highest BCUT2D eigenvalue weighted by Gasteiger charge is 2.17. The van der Waals surface area contributed by atoms with Crippen LogP contribution in [0.3, 0.4) is 0 Å². The van der Waals surface area contributed by atoms with Crippen molar-refractivity contribution in [3.8, 4) is 11.5 Å². The molecule has 0 aliphatic carbocycles. The van der Waals surface area contributed by atoms with Crippen molar-refractivity contribution in [3.05, 3.63) is 66.0 Å². The van der Waals surface area contributed by atoms with Crippen LogP contribution >= 0.6 is 0 Å². The maximum Gasteiger partial charge on any atom is 0.226 e. The van der Waals surface area contributed by atoms with Crippen LogP contribution in [0.2, 0.25) is 0 Å². The quantitative estimate of drug-likeness (QED) is 0.308. The molecule has 2 heterocycles. The predicted octanol–water partition coefficient (Wildman–Crippen LogP) is 3.38. The van der Waals surface area contributed by atoms with E-state index >= 15 is 0 Å². The third kappa shape index (κ3) is 5.50. The Balaban J connectivity index is 1.67. The van der Waals surface area contributed by atoms with Gasteiger partial charge in [0.25, 0.3) is 0 Å². The fourth-order valence-corrected chi connectivity index (χ4v) is 3.35. The number of hydrogen-bond acceptors (Lipinski definition) is 8. The van der Waals surface area contributed by atoms with Gasteiger partial charge in [-0.25, -0.2) is 4.98 Å². The van der Waals surface area contributed by atoms with Crippen LogP contribution in [0.15, 0.2) is 54.9 Å². The molecule has 0 spiro atoms. The number of phenols is 1. The number of hydrogen-bond donors (Lipinski definition) is 4. The van der Waals surface area contributed by atoms with Gasteiger partial charge >= 0.3 is 0 Å². The van der Waals surface area contributed by atoms with Crippen LogP contribution in [-0.2, 0) is 13.1 Å². The van der Waals surface area contributed by atoms with Gasteiger partial charge in [0.05, 0.1) is 25.6 Å². The molecule has 0 aliphatic heterocycles. The molecule has 0 saturated heterocycles. The van der Waals surface area contributed by atoms with Crippen LogP contribution in [0.4, 0.5) is 11.8 Å². The molecule has 9 heteroatoms. The fourth-order valence-electron chi connectivity index (χ4n) is 3.35. The van der Waals surface area contributed by atoms with Crippen molar-refractivity contribution < 1.29 is 14.9 Å². The predicted molar refractivity (Wildman–Crippen MR) is 128 cm³/mol. The van der Waals surface area contributed by atoms with Gasteiger partial charge in [-0.05, 0) is 37.6 Å². The number of methoxy groups -OCH3 is 1. The lowest BCUT2D eigenvalue weighted by Gasteiger charge is -2.18. The van der Waals surface area contributed by atoms with Crippen LogP contribution in [0.1, 0.15) is 25.0 Å². The normalized spacial score (nSPS) is 11.5. The van der Waals surface area contributed by atoms with Gasteiger partial charge in [-0.3, -0.25) is 0 Å². The first-order valence-electron chi connectivity index (χ1n) is 10.7. The van der Waals surface area contributed by atoms with E-state index in [-0.39, 0.29) is 12.3 Å². The van der Waals surface area contributed by atoms with Crippen LogP contribution in [0.25, 0.3) is 11.2 Å². The fraction of sp³-hybridized carbons (Fsp3) is 0.292. The molecule has 0 fully saturated rings. The van der Waals surface area contributed by atoms with Crippen molar-refractivity contribution in [1.29, 1.82) is 0 Å². The molecule has 4 aromatic rings. The summed E-state index contributed by atoms with van der Waals surface area (Å²) in [6.07, 6.45) is 1.74. The number of rotatable bonds is 9. The zero-order chi connectivity index (χ0) is 23.4. The molecule has 4 rings (SSSR count). The molecule has 0 amide bonds. The Labute approximate surface area is 192 Å². The summed E-state index contributed by atoms with van der Waals surface area (Å²) >= 11 is 0. The number of phenolic OH excluding ortho intramolecular Hbond substituents is 1. The van der Waals surface area contributed by atoms with Crippen molar-refractivity contribution in [3.63, 3.8) is 0 Å². The minimum absolute atomic E-state index is 0.156. The molecule has 33 heavy (non-hydrogen) atoms. The number of imidazole rings is 1. The smallest absolute Gasteiger partial charge is 0.226 e. The average molecular weight is 449 g/mol. The van der Waals surface area contributed by atoms with E-state index in [1.54, 1.807) is 45.5 Å². The standard InChI is InChI=1S/C24H28N6O3/c1-24(2,32)14-26-23-28-21(25-12-17-11-18(33-3)9-10-19(17)31)20-22(29-23)30(15-27-20)13-16-7-5-4-6-8-16/h4-11,15,31-32H,12-14H2,1-3H3,(H2,25,26,28,29). The number of nitrogens with zero attached hydrogens (tertiary/aromatic N) is 4. The maximum absolute atomic E-state index is 10.2. The lowest BCUT2D eigenvalue weighted by Crippen LogP contribution is -2.30. The summed E-state index contributed by atoms with van der Waals surface area (Å²) in [5.74, 6) is 1.70. The van der Waals surface area contributed by atoms with Crippen molar-refractivity contribution in [1.82, 2.24) is 19.5 Å². The molecule has 172 valence electrons. The Bertz CT molecular complexity index is 1230. The molecular weight excluding hydrogens is 420 g/mol. The first-order chi connectivity index (χ1) is 15.8. The van der Waals surface area contributed by atoms with Crippen LogP contribution in [-0.4, -0.2) is 49.0 Å². The Hall–Kier alpha value is -3.85. The molecule has 0 aliphatic rings. The van der Waals surface area contributed by atoms with Crippen LogP contribution in [0, 0.1) is 0 Å². The minimum Gasteiger partial charge on any atom is -0.508 e. The van der Waals surface area contributed by atoms with E-state index in [1.807, 2.05) is 34.9 Å².